The van der Waals surface area contributed by atoms with Crippen LogP contribution >= 0.6 is 0 Å². The molecule has 0 aliphatic carbocycles. The zero-order valence-electron chi connectivity index (χ0n) is 25.7. The summed E-state index contributed by atoms with van der Waals surface area (Å²) in [6.07, 6.45) is 27.1. The Morgan fingerprint density at radius 2 is 0.914 bits per heavy atom. The van der Waals surface area contributed by atoms with Gasteiger partial charge in [0.2, 0.25) is 0 Å². The van der Waals surface area contributed by atoms with Gasteiger partial charge in [-0.05, 0) is 57.3 Å². The maximum atomic E-state index is 2.87. The normalized spacial score (nSPS) is 13.7. The van der Waals surface area contributed by atoms with Gasteiger partial charge in [-0.25, -0.2) is 0 Å². The van der Waals surface area contributed by atoms with Crippen LogP contribution in [-0.4, -0.2) is 49.1 Å². The Bertz CT molecular complexity index is 393. The molecule has 2 unspecified atom stereocenters. The summed E-state index contributed by atoms with van der Waals surface area (Å²) in [6.45, 7) is 21.8. The van der Waals surface area contributed by atoms with Crippen LogP contribution in [0.15, 0.2) is 0 Å². The predicted octanol–water partition coefficient (Wildman–Crippen LogP) is 10.4. The summed E-state index contributed by atoms with van der Waals surface area (Å²) in [7, 11) is 0. The van der Waals surface area contributed by atoms with Gasteiger partial charge in [0.25, 0.3) is 0 Å². The molecule has 35 heavy (non-hydrogen) atoms. The fourth-order valence-corrected chi connectivity index (χ4v) is 5.65. The highest BCUT2D eigenvalue weighted by Gasteiger charge is 2.16. The zero-order valence-corrected chi connectivity index (χ0v) is 25.7. The molecule has 2 nitrogen and oxygen atoms in total. The van der Waals surface area contributed by atoms with Crippen LogP contribution in [0.4, 0.5) is 0 Å². The monoisotopic (exact) mass is 495 g/mol. The van der Waals surface area contributed by atoms with E-state index in [0.29, 0.717) is 0 Å². The van der Waals surface area contributed by atoms with Crippen LogP contribution in [0.3, 0.4) is 0 Å². The summed E-state index contributed by atoms with van der Waals surface area (Å²) in [4.78, 5) is 5.46. The quantitative estimate of drug-likeness (QED) is 0.0998. The lowest BCUT2D eigenvalue weighted by atomic mass is 9.95. The molecule has 0 rings (SSSR count). The van der Waals surface area contributed by atoms with Gasteiger partial charge in [-0.3, -0.25) is 0 Å². The Kier molecular flexibility index (Phi) is 26.9. The van der Waals surface area contributed by atoms with Crippen LogP contribution in [0.2, 0.25) is 0 Å². The average Bonchev–Trinajstić information content (AvgIpc) is 2.86. The highest BCUT2D eigenvalue weighted by atomic mass is 15.1. The summed E-state index contributed by atoms with van der Waals surface area (Å²) in [5.41, 5.74) is 0. The van der Waals surface area contributed by atoms with E-state index in [2.05, 4.69) is 51.3 Å². The topological polar surface area (TPSA) is 6.48 Å². The van der Waals surface area contributed by atoms with Crippen molar-refractivity contribution in [2.24, 2.45) is 11.8 Å². The summed E-state index contributed by atoms with van der Waals surface area (Å²) >= 11 is 0. The fourth-order valence-electron chi connectivity index (χ4n) is 5.65. The second-order valence-corrected chi connectivity index (χ2v) is 11.7. The molecule has 0 saturated heterocycles. The van der Waals surface area contributed by atoms with Gasteiger partial charge in [0.05, 0.1) is 0 Å². The van der Waals surface area contributed by atoms with E-state index in [9.17, 15) is 0 Å². The van der Waals surface area contributed by atoms with Crippen molar-refractivity contribution in [1.29, 1.82) is 0 Å². The van der Waals surface area contributed by atoms with Crippen LogP contribution in [0.25, 0.3) is 0 Å². The van der Waals surface area contributed by atoms with Gasteiger partial charge in [-0.2, -0.15) is 0 Å². The number of rotatable bonds is 28. The Morgan fingerprint density at radius 1 is 0.457 bits per heavy atom. The van der Waals surface area contributed by atoms with Crippen molar-refractivity contribution >= 4 is 0 Å². The highest BCUT2D eigenvalue weighted by molar-refractivity contribution is 4.70. The molecule has 0 amide bonds. The largest absolute Gasteiger partial charge is 0.304 e. The van der Waals surface area contributed by atoms with Crippen LogP contribution in [-0.2, 0) is 0 Å². The number of hydrogen-bond acceptors (Lipinski definition) is 2. The molecule has 212 valence electrons. The minimum absolute atomic E-state index is 0.847. The molecule has 0 aromatic heterocycles. The number of hydrogen-bond donors (Lipinski definition) is 0. The minimum atomic E-state index is 0.847. The van der Waals surface area contributed by atoms with Crippen molar-refractivity contribution in [3.8, 4) is 0 Å². The van der Waals surface area contributed by atoms with E-state index in [1.165, 1.54) is 161 Å². The van der Waals surface area contributed by atoms with Crippen LogP contribution in [0.1, 0.15) is 164 Å². The molecule has 0 aromatic rings. The summed E-state index contributed by atoms with van der Waals surface area (Å²) < 4.78 is 0. The van der Waals surface area contributed by atoms with Crippen molar-refractivity contribution in [1.82, 2.24) is 9.80 Å². The Hall–Kier alpha value is -0.0800. The smallest absolute Gasteiger partial charge is 0.000968 e. The minimum Gasteiger partial charge on any atom is -0.304 e. The van der Waals surface area contributed by atoms with Gasteiger partial charge in [0.15, 0.2) is 0 Å². The van der Waals surface area contributed by atoms with Gasteiger partial charge in [-0.15, -0.1) is 0 Å². The lowest BCUT2D eigenvalue weighted by Gasteiger charge is -2.30. The van der Waals surface area contributed by atoms with Gasteiger partial charge < -0.3 is 9.80 Å². The number of unbranched alkanes of at least 4 members (excludes halogenated alkanes) is 13. The van der Waals surface area contributed by atoms with Gasteiger partial charge in [0, 0.05) is 13.1 Å². The maximum absolute atomic E-state index is 2.87. The van der Waals surface area contributed by atoms with Crippen LogP contribution in [0.5, 0.6) is 0 Å². The van der Waals surface area contributed by atoms with Gasteiger partial charge in [-0.1, -0.05) is 144 Å². The van der Waals surface area contributed by atoms with Crippen LogP contribution in [0, 0.1) is 11.8 Å². The third-order valence-corrected chi connectivity index (χ3v) is 8.27. The molecule has 0 aromatic carbocycles. The number of nitrogens with zero attached hydrogens (tertiary/aromatic N) is 2. The molecule has 0 fully saturated rings. The van der Waals surface area contributed by atoms with Gasteiger partial charge >= 0.3 is 0 Å². The fraction of sp³-hybridized carbons (Fsp3) is 1.00. The Balaban J connectivity index is 4.40. The molecule has 0 aliphatic rings. The summed E-state index contributed by atoms with van der Waals surface area (Å²) in [5, 5.41) is 0. The van der Waals surface area contributed by atoms with Crippen molar-refractivity contribution in [2.75, 3.05) is 39.3 Å². The zero-order chi connectivity index (χ0) is 26.0. The average molecular weight is 495 g/mol. The van der Waals surface area contributed by atoms with Crippen LogP contribution < -0.4 is 0 Å². The first-order valence-electron chi connectivity index (χ1n) is 16.6. The molecule has 2 heteroatoms. The van der Waals surface area contributed by atoms with Crippen molar-refractivity contribution in [3.05, 3.63) is 0 Å². The lowest BCUT2D eigenvalue weighted by Crippen LogP contribution is -2.36. The van der Waals surface area contributed by atoms with E-state index in [1.807, 2.05) is 0 Å². The standard InChI is InChI=1S/C33H70N2/c1-7-12-14-16-18-20-22-24-27-33(9-3)31-35(29-25-28-34(10-4)11-5)30-32(6)26-23-21-19-17-15-13-8-2/h32-33H,7-31H2,1-6H3. The third-order valence-electron chi connectivity index (χ3n) is 8.27. The molecular formula is C33H70N2. The molecule has 0 N–H and O–H groups in total. The lowest BCUT2D eigenvalue weighted by molar-refractivity contribution is 0.176. The Morgan fingerprint density at radius 3 is 1.40 bits per heavy atom. The molecular weight excluding hydrogens is 424 g/mol. The molecule has 0 heterocycles. The second kappa shape index (κ2) is 27.0. The van der Waals surface area contributed by atoms with Crippen molar-refractivity contribution < 1.29 is 0 Å². The second-order valence-electron chi connectivity index (χ2n) is 11.7. The molecule has 0 spiro atoms. The third kappa shape index (κ3) is 22.8. The predicted molar refractivity (Wildman–Crippen MR) is 162 cm³/mol. The van der Waals surface area contributed by atoms with Crippen molar-refractivity contribution in [3.63, 3.8) is 0 Å². The molecule has 0 saturated carbocycles. The van der Waals surface area contributed by atoms with E-state index in [0.717, 1.165) is 11.8 Å². The summed E-state index contributed by atoms with van der Waals surface area (Å²) in [5.74, 6) is 1.74. The molecule has 2 atom stereocenters. The first-order chi connectivity index (χ1) is 17.1. The maximum Gasteiger partial charge on any atom is 0.000968 e. The highest BCUT2D eigenvalue weighted by Crippen LogP contribution is 2.20. The van der Waals surface area contributed by atoms with E-state index in [-0.39, 0.29) is 0 Å². The van der Waals surface area contributed by atoms with E-state index in [1.54, 1.807) is 0 Å². The molecule has 0 radical (unpaired) electrons. The van der Waals surface area contributed by atoms with Gasteiger partial charge in [0.1, 0.15) is 0 Å². The van der Waals surface area contributed by atoms with E-state index < -0.39 is 0 Å². The Labute approximate surface area is 224 Å². The summed E-state index contributed by atoms with van der Waals surface area (Å²) in [6, 6.07) is 0. The SMILES string of the molecule is CCCCCCCCCCC(CC)CN(CCCN(CC)CC)CC(C)CCCCCCCCC. The van der Waals surface area contributed by atoms with E-state index >= 15 is 0 Å². The molecule has 0 aliphatic heterocycles. The molecule has 0 bridgehead atoms. The van der Waals surface area contributed by atoms with E-state index in [4.69, 9.17) is 0 Å². The first kappa shape index (κ1) is 34.9. The first-order valence-corrected chi connectivity index (χ1v) is 16.6. The van der Waals surface area contributed by atoms with Crippen molar-refractivity contribution in [2.45, 2.75) is 164 Å².